The number of carbonyl (C=O) groups is 1. The van der Waals surface area contributed by atoms with Crippen LogP contribution in [0.25, 0.3) is 0 Å². The topological polar surface area (TPSA) is 38.3 Å². The lowest BCUT2D eigenvalue weighted by molar-refractivity contribution is 0.102. The van der Waals surface area contributed by atoms with Gasteiger partial charge in [-0.3, -0.25) is 4.79 Å². The van der Waals surface area contributed by atoms with Gasteiger partial charge in [-0.1, -0.05) is 30.7 Å². The molecule has 2 rings (SSSR count). The zero-order valence-electron chi connectivity index (χ0n) is 12.7. The van der Waals surface area contributed by atoms with E-state index in [1.165, 1.54) is 0 Å². The van der Waals surface area contributed by atoms with Gasteiger partial charge in [0.2, 0.25) is 0 Å². The molecule has 110 valence electrons. The minimum atomic E-state index is -0.131. The van der Waals surface area contributed by atoms with Crippen molar-refractivity contribution < 1.29 is 9.53 Å². The molecule has 2 aromatic rings. The van der Waals surface area contributed by atoms with Crippen LogP contribution in [0.4, 0.5) is 5.69 Å². The van der Waals surface area contributed by atoms with E-state index < -0.39 is 0 Å². The first-order chi connectivity index (χ1) is 10.1. The summed E-state index contributed by atoms with van der Waals surface area (Å²) in [6.45, 7) is 6.10. The molecule has 0 heterocycles. The molecule has 1 amide bonds. The molecule has 0 aliphatic rings. The van der Waals surface area contributed by atoms with Crippen molar-refractivity contribution in [3.8, 4) is 5.75 Å². The lowest BCUT2D eigenvalue weighted by Crippen LogP contribution is -2.13. The van der Waals surface area contributed by atoms with Crippen LogP contribution in [0.2, 0.25) is 0 Å². The van der Waals surface area contributed by atoms with E-state index >= 15 is 0 Å². The van der Waals surface area contributed by atoms with Crippen molar-refractivity contribution in [2.45, 2.75) is 33.3 Å². The highest BCUT2D eigenvalue weighted by Gasteiger charge is 2.08. The molecule has 0 fully saturated rings. The minimum absolute atomic E-state index is 0.131. The summed E-state index contributed by atoms with van der Waals surface area (Å²) in [4.78, 5) is 12.2. The second-order valence-electron chi connectivity index (χ2n) is 5.18. The zero-order valence-corrected chi connectivity index (χ0v) is 12.7. The maximum absolute atomic E-state index is 12.2. The Morgan fingerprint density at radius 3 is 2.57 bits per heavy atom. The highest BCUT2D eigenvalue weighted by molar-refractivity contribution is 6.04. The molecule has 0 spiro atoms. The molecule has 0 bridgehead atoms. The molecular weight excluding hydrogens is 262 g/mol. The lowest BCUT2D eigenvalue weighted by atomic mass is 10.2. The van der Waals surface area contributed by atoms with E-state index in [1.807, 2.05) is 50.2 Å². The van der Waals surface area contributed by atoms with Gasteiger partial charge in [0.25, 0.3) is 5.91 Å². The second-order valence-corrected chi connectivity index (χ2v) is 5.18. The van der Waals surface area contributed by atoms with Gasteiger partial charge in [0.1, 0.15) is 5.75 Å². The van der Waals surface area contributed by atoms with E-state index in [2.05, 4.69) is 12.2 Å². The van der Waals surface area contributed by atoms with Crippen LogP contribution in [0.15, 0.2) is 48.5 Å². The van der Waals surface area contributed by atoms with Crippen LogP contribution in [-0.4, -0.2) is 12.0 Å². The van der Waals surface area contributed by atoms with Crippen molar-refractivity contribution in [3.63, 3.8) is 0 Å². The fourth-order valence-corrected chi connectivity index (χ4v) is 1.87. The van der Waals surface area contributed by atoms with Crippen LogP contribution in [0.5, 0.6) is 5.75 Å². The number of rotatable bonds is 5. The monoisotopic (exact) mass is 283 g/mol. The number of nitrogens with one attached hydrogen (secondary N) is 1. The SMILES string of the molecule is CCC(C)Oc1cccc(C(=O)Nc2ccc(C)cc2)c1. The Labute approximate surface area is 126 Å². The molecule has 0 aromatic heterocycles. The van der Waals surface area contributed by atoms with Crippen LogP contribution in [0.3, 0.4) is 0 Å². The maximum Gasteiger partial charge on any atom is 0.255 e. The number of hydrogen-bond donors (Lipinski definition) is 1. The third kappa shape index (κ3) is 4.35. The number of amides is 1. The predicted molar refractivity (Wildman–Crippen MR) is 86.0 cm³/mol. The van der Waals surface area contributed by atoms with Crippen LogP contribution in [0.1, 0.15) is 36.2 Å². The Bertz CT molecular complexity index is 605. The number of benzene rings is 2. The average Bonchev–Trinajstić information content (AvgIpc) is 2.49. The van der Waals surface area contributed by atoms with E-state index in [1.54, 1.807) is 12.1 Å². The van der Waals surface area contributed by atoms with Gasteiger partial charge < -0.3 is 10.1 Å². The molecule has 0 aliphatic carbocycles. The molecule has 0 saturated carbocycles. The fraction of sp³-hybridized carbons (Fsp3) is 0.278. The van der Waals surface area contributed by atoms with Gasteiger partial charge in [-0.25, -0.2) is 0 Å². The molecule has 0 aliphatic heterocycles. The Balaban J connectivity index is 2.08. The molecule has 0 saturated heterocycles. The summed E-state index contributed by atoms with van der Waals surface area (Å²) in [6, 6.07) is 15.0. The quantitative estimate of drug-likeness (QED) is 0.881. The van der Waals surface area contributed by atoms with Gasteiger partial charge in [-0.15, -0.1) is 0 Å². The summed E-state index contributed by atoms with van der Waals surface area (Å²) in [5.74, 6) is 0.592. The van der Waals surface area contributed by atoms with Crippen LogP contribution in [0, 0.1) is 6.92 Å². The molecule has 2 aromatic carbocycles. The minimum Gasteiger partial charge on any atom is -0.491 e. The van der Waals surface area contributed by atoms with Crippen molar-refractivity contribution in [1.82, 2.24) is 0 Å². The molecule has 3 nitrogen and oxygen atoms in total. The Morgan fingerprint density at radius 2 is 1.90 bits per heavy atom. The molecule has 1 N–H and O–H groups in total. The third-order valence-electron chi connectivity index (χ3n) is 3.32. The molecule has 1 unspecified atom stereocenters. The molecule has 3 heteroatoms. The van der Waals surface area contributed by atoms with Gasteiger partial charge in [0.15, 0.2) is 0 Å². The molecule has 21 heavy (non-hydrogen) atoms. The summed E-state index contributed by atoms with van der Waals surface area (Å²) in [5, 5.41) is 2.89. The van der Waals surface area contributed by atoms with Crippen molar-refractivity contribution in [2.75, 3.05) is 5.32 Å². The van der Waals surface area contributed by atoms with Crippen LogP contribution in [-0.2, 0) is 0 Å². The van der Waals surface area contributed by atoms with E-state index in [-0.39, 0.29) is 12.0 Å². The van der Waals surface area contributed by atoms with Gasteiger partial charge in [0.05, 0.1) is 6.10 Å². The summed E-state index contributed by atoms with van der Waals surface area (Å²) >= 11 is 0. The van der Waals surface area contributed by atoms with Crippen molar-refractivity contribution in [2.24, 2.45) is 0 Å². The first kappa shape index (κ1) is 15.1. The van der Waals surface area contributed by atoms with Gasteiger partial charge in [-0.05, 0) is 50.6 Å². The highest BCUT2D eigenvalue weighted by Crippen LogP contribution is 2.17. The van der Waals surface area contributed by atoms with Crippen molar-refractivity contribution >= 4 is 11.6 Å². The standard InChI is InChI=1S/C18H21NO2/c1-4-14(3)21-17-7-5-6-15(12-17)18(20)19-16-10-8-13(2)9-11-16/h5-12,14H,4H2,1-3H3,(H,19,20). The zero-order chi connectivity index (χ0) is 15.2. The summed E-state index contributed by atoms with van der Waals surface area (Å²) in [6.07, 6.45) is 1.07. The summed E-state index contributed by atoms with van der Waals surface area (Å²) in [7, 11) is 0. The largest absolute Gasteiger partial charge is 0.491 e. The van der Waals surface area contributed by atoms with Crippen LogP contribution < -0.4 is 10.1 Å². The Hall–Kier alpha value is -2.29. The molecule has 0 radical (unpaired) electrons. The normalized spacial score (nSPS) is 11.8. The van der Waals surface area contributed by atoms with E-state index in [0.29, 0.717) is 5.56 Å². The first-order valence-electron chi connectivity index (χ1n) is 7.23. The number of anilines is 1. The van der Waals surface area contributed by atoms with Crippen LogP contribution >= 0.6 is 0 Å². The Morgan fingerprint density at radius 1 is 1.19 bits per heavy atom. The average molecular weight is 283 g/mol. The number of hydrogen-bond acceptors (Lipinski definition) is 2. The summed E-state index contributed by atoms with van der Waals surface area (Å²) < 4.78 is 5.74. The van der Waals surface area contributed by atoms with E-state index in [9.17, 15) is 4.79 Å². The molecular formula is C18H21NO2. The van der Waals surface area contributed by atoms with Gasteiger partial charge in [-0.2, -0.15) is 0 Å². The lowest BCUT2D eigenvalue weighted by Gasteiger charge is -2.13. The fourth-order valence-electron chi connectivity index (χ4n) is 1.87. The van der Waals surface area contributed by atoms with E-state index in [0.717, 1.165) is 23.4 Å². The molecule has 1 atom stereocenters. The highest BCUT2D eigenvalue weighted by atomic mass is 16.5. The Kier molecular flexibility index (Phi) is 4.99. The third-order valence-corrected chi connectivity index (χ3v) is 3.32. The second kappa shape index (κ2) is 6.93. The van der Waals surface area contributed by atoms with E-state index in [4.69, 9.17) is 4.74 Å². The number of carbonyl (C=O) groups excluding carboxylic acids is 1. The van der Waals surface area contributed by atoms with Gasteiger partial charge >= 0.3 is 0 Å². The van der Waals surface area contributed by atoms with Crippen molar-refractivity contribution in [3.05, 3.63) is 59.7 Å². The summed E-state index contributed by atoms with van der Waals surface area (Å²) in [5.41, 5.74) is 2.55. The first-order valence-corrected chi connectivity index (χ1v) is 7.23. The predicted octanol–water partition coefficient (Wildman–Crippen LogP) is 4.42. The van der Waals surface area contributed by atoms with Crippen molar-refractivity contribution in [1.29, 1.82) is 0 Å². The number of ether oxygens (including phenoxy) is 1. The maximum atomic E-state index is 12.2. The number of aryl methyl sites for hydroxylation is 1. The smallest absolute Gasteiger partial charge is 0.255 e. The van der Waals surface area contributed by atoms with Gasteiger partial charge in [0, 0.05) is 11.3 Å².